The Bertz CT molecular complexity index is 1350. The van der Waals surface area contributed by atoms with Crippen molar-refractivity contribution in [2.24, 2.45) is 0 Å². The quantitative estimate of drug-likeness (QED) is 0.354. The zero-order chi connectivity index (χ0) is 29.4. The smallest absolute Gasteiger partial charge is 0.410 e. The number of ether oxygens (including phenoxy) is 1. The van der Waals surface area contributed by atoms with Crippen LogP contribution in [0.4, 0.5) is 4.79 Å². The number of rotatable bonds is 5. The minimum atomic E-state index is -2.77. The van der Waals surface area contributed by atoms with Crippen molar-refractivity contribution in [1.29, 1.82) is 0 Å². The molecule has 0 spiro atoms. The van der Waals surface area contributed by atoms with Gasteiger partial charge in [0.2, 0.25) is 0 Å². The fourth-order valence-electron chi connectivity index (χ4n) is 6.19. The lowest BCUT2D eigenvalue weighted by Gasteiger charge is -2.43. The van der Waals surface area contributed by atoms with Crippen LogP contribution in [0.5, 0.6) is 5.75 Å². The molecule has 0 atom stereocenters. The molecule has 7 heteroatoms. The van der Waals surface area contributed by atoms with Crippen LogP contribution in [0.1, 0.15) is 70.3 Å². The second-order valence-corrected chi connectivity index (χ2v) is 17.4. The van der Waals surface area contributed by atoms with E-state index in [1.165, 1.54) is 10.4 Å². The lowest BCUT2D eigenvalue weighted by molar-refractivity contribution is 0.0148. The number of hydrogen-bond donors (Lipinski definition) is 0. The summed E-state index contributed by atoms with van der Waals surface area (Å²) in [5.74, 6) is 0.861. The van der Waals surface area contributed by atoms with Crippen LogP contribution in [0.15, 0.2) is 78.9 Å². The third kappa shape index (κ3) is 5.78. The first-order chi connectivity index (χ1) is 19.4. The molecule has 0 bridgehead atoms. The van der Waals surface area contributed by atoms with E-state index in [1.54, 1.807) is 4.90 Å². The van der Waals surface area contributed by atoms with Gasteiger partial charge in [0.25, 0.3) is 5.91 Å². The van der Waals surface area contributed by atoms with Crippen molar-refractivity contribution < 1.29 is 18.8 Å². The van der Waals surface area contributed by atoms with Crippen molar-refractivity contribution >= 4 is 30.7 Å². The topological polar surface area (TPSA) is 59.1 Å². The SMILES string of the molecule is CC(C)(C)OC(=O)N1CCC(N2Cc3cc(O[Si](c4ccccc4)(c4ccccc4)C(C)(C)C)ccc3C2=O)CC1. The number of amides is 2. The predicted octanol–water partition coefficient (Wildman–Crippen LogP) is 5.98. The number of benzene rings is 3. The number of carbonyl (C=O) groups is 2. The van der Waals surface area contributed by atoms with Crippen molar-refractivity contribution in [2.75, 3.05) is 13.1 Å². The van der Waals surface area contributed by atoms with Crippen molar-refractivity contribution in [3.8, 4) is 5.75 Å². The van der Waals surface area contributed by atoms with Gasteiger partial charge >= 0.3 is 14.4 Å². The van der Waals surface area contributed by atoms with E-state index in [0.717, 1.165) is 29.7 Å². The monoisotopic (exact) mass is 570 g/mol. The molecule has 2 aliphatic rings. The number of hydrogen-bond acceptors (Lipinski definition) is 4. The lowest BCUT2D eigenvalue weighted by Crippen LogP contribution is -2.68. The van der Waals surface area contributed by atoms with E-state index in [2.05, 4.69) is 75.4 Å². The van der Waals surface area contributed by atoms with Crippen molar-refractivity contribution in [2.45, 2.75) is 77.6 Å². The third-order valence-electron chi connectivity index (χ3n) is 8.15. The molecule has 1 saturated heterocycles. The van der Waals surface area contributed by atoms with Gasteiger partial charge in [-0.05, 0) is 72.8 Å². The summed E-state index contributed by atoms with van der Waals surface area (Å²) < 4.78 is 12.8. The van der Waals surface area contributed by atoms with Crippen LogP contribution in [0.25, 0.3) is 0 Å². The van der Waals surface area contributed by atoms with Gasteiger partial charge in [0.05, 0.1) is 0 Å². The number of piperidine rings is 1. The van der Waals surface area contributed by atoms with Crippen LogP contribution in [0.3, 0.4) is 0 Å². The second kappa shape index (κ2) is 11.0. The average Bonchev–Trinajstić information content (AvgIpc) is 3.26. The molecular weight excluding hydrogens is 528 g/mol. The fraction of sp³-hybridized carbons (Fsp3) is 0.412. The molecule has 6 nitrogen and oxygen atoms in total. The lowest BCUT2D eigenvalue weighted by atomic mass is 10.0. The van der Waals surface area contributed by atoms with Crippen molar-refractivity contribution in [3.05, 3.63) is 90.0 Å². The van der Waals surface area contributed by atoms with Crippen LogP contribution in [0, 0.1) is 0 Å². The van der Waals surface area contributed by atoms with Gasteiger partial charge in [0, 0.05) is 31.2 Å². The molecule has 0 radical (unpaired) electrons. The first-order valence-corrected chi connectivity index (χ1v) is 16.5. The van der Waals surface area contributed by atoms with Gasteiger partial charge in [-0.25, -0.2) is 4.79 Å². The van der Waals surface area contributed by atoms with Gasteiger partial charge < -0.3 is 19.0 Å². The van der Waals surface area contributed by atoms with E-state index in [9.17, 15) is 9.59 Å². The summed E-state index contributed by atoms with van der Waals surface area (Å²) in [6.07, 6.45) is 1.20. The van der Waals surface area contributed by atoms with Gasteiger partial charge in [-0.15, -0.1) is 0 Å². The van der Waals surface area contributed by atoms with Crippen LogP contribution < -0.4 is 14.8 Å². The van der Waals surface area contributed by atoms with Gasteiger partial charge in [-0.1, -0.05) is 81.4 Å². The standard InChI is InChI=1S/C34H42N2O4Si/c1-33(2,3)39-32(38)35-21-19-26(20-22-35)36-24-25-23-27(17-18-30(25)31(36)37)40-41(34(4,5)6,28-13-9-7-10-14-28)29-15-11-8-12-16-29/h7-18,23,26H,19-22,24H2,1-6H3. The van der Waals surface area contributed by atoms with Gasteiger partial charge in [-0.2, -0.15) is 0 Å². The zero-order valence-corrected chi connectivity index (χ0v) is 26.1. The van der Waals surface area contributed by atoms with E-state index in [0.29, 0.717) is 19.6 Å². The van der Waals surface area contributed by atoms with E-state index >= 15 is 0 Å². The first kappa shape index (κ1) is 28.9. The molecule has 2 amide bonds. The number of fused-ring (bicyclic) bond motifs is 1. The molecule has 216 valence electrons. The highest BCUT2D eigenvalue weighted by Gasteiger charge is 2.52. The zero-order valence-electron chi connectivity index (χ0n) is 25.1. The summed E-state index contributed by atoms with van der Waals surface area (Å²) in [6, 6.07) is 27.2. The van der Waals surface area contributed by atoms with Crippen LogP contribution >= 0.6 is 0 Å². The summed E-state index contributed by atoms with van der Waals surface area (Å²) in [4.78, 5) is 29.7. The molecule has 3 aromatic rings. The molecule has 0 aromatic heterocycles. The number of carbonyl (C=O) groups excluding carboxylic acids is 2. The summed E-state index contributed by atoms with van der Waals surface area (Å²) in [7, 11) is -2.77. The summed E-state index contributed by atoms with van der Waals surface area (Å²) in [5, 5.41) is 2.28. The molecule has 3 aromatic carbocycles. The highest BCUT2D eigenvalue weighted by Crippen LogP contribution is 2.39. The maximum absolute atomic E-state index is 13.5. The number of likely N-dealkylation sites (tertiary alicyclic amines) is 1. The van der Waals surface area contributed by atoms with Gasteiger partial charge in [0.1, 0.15) is 11.4 Å². The Hall–Kier alpha value is -3.58. The van der Waals surface area contributed by atoms with E-state index in [1.807, 2.05) is 49.9 Å². The molecule has 0 saturated carbocycles. The Labute approximate surface area is 245 Å². The molecule has 0 aliphatic carbocycles. The summed E-state index contributed by atoms with van der Waals surface area (Å²) in [5.41, 5.74) is 1.23. The first-order valence-electron chi connectivity index (χ1n) is 14.6. The Morgan fingerprint density at radius 3 is 1.90 bits per heavy atom. The molecule has 2 aliphatic heterocycles. The van der Waals surface area contributed by atoms with E-state index in [4.69, 9.17) is 9.16 Å². The van der Waals surface area contributed by atoms with Gasteiger partial charge in [-0.3, -0.25) is 4.79 Å². The highest BCUT2D eigenvalue weighted by atomic mass is 28.4. The molecule has 2 heterocycles. The summed E-state index contributed by atoms with van der Waals surface area (Å²) >= 11 is 0. The maximum Gasteiger partial charge on any atom is 0.410 e. The Morgan fingerprint density at radius 2 is 1.39 bits per heavy atom. The summed E-state index contributed by atoms with van der Waals surface area (Å²) in [6.45, 7) is 14.2. The predicted molar refractivity (Wildman–Crippen MR) is 165 cm³/mol. The molecule has 5 rings (SSSR count). The van der Waals surface area contributed by atoms with Crippen LogP contribution in [-0.2, 0) is 11.3 Å². The molecule has 1 fully saturated rings. The van der Waals surface area contributed by atoms with Crippen molar-refractivity contribution in [3.63, 3.8) is 0 Å². The Kier molecular flexibility index (Phi) is 7.77. The largest absolute Gasteiger partial charge is 0.534 e. The van der Waals surface area contributed by atoms with E-state index in [-0.39, 0.29) is 23.1 Å². The maximum atomic E-state index is 13.5. The molecular formula is C34H42N2O4Si. The Morgan fingerprint density at radius 1 is 0.829 bits per heavy atom. The molecule has 41 heavy (non-hydrogen) atoms. The normalized spacial score (nSPS) is 16.5. The minimum absolute atomic E-state index is 0.0627. The third-order valence-corrected chi connectivity index (χ3v) is 13.1. The van der Waals surface area contributed by atoms with Crippen LogP contribution in [-0.4, -0.2) is 54.9 Å². The fourth-order valence-corrected chi connectivity index (χ4v) is 10.6. The molecule has 0 unspecified atom stereocenters. The Balaban J connectivity index is 1.38. The van der Waals surface area contributed by atoms with Crippen molar-refractivity contribution in [1.82, 2.24) is 9.80 Å². The number of nitrogens with zero attached hydrogens (tertiary/aromatic N) is 2. The highest BCUT2D eigenvalue weighted by molar-refractivity contribution is 7.00. The minimum Gasteiger partial charge on any atom is -0.534 e. The average molecular weight is 571 g/mol. The van der Waals surface area contributed by atoms with Crippen LogP contribution in [0.2, 0.25) is 5.04 Å². The van der Waals surface area contributed by atoms with Gasteiger partial charge in [0.15, 0.2) is 0 Å². The van der Waals surface area contributed by atoms with E-state index < -0.39 is 13.9 Å². The second-order valence-electron chi connectivity index (χ2n) is 13.2. The molecule has 0 N–H and O–H groups in total.